The maximum atomic E-state index is 12.3. The van der Waals surface area contributed by atoms with E-state index >= 15 is 0 Å². The molecule has 0 heterocycles. The fraction of sp³-hybridized carbons (Fsp3) is 0.538. The van der Waals surface area contributed by atoms with Crippen molar-refractivity contribution in [2.45, 2.75) is 36.8 Å². The minimum absolute atomic E-state index is 0.217. The quantitative estimate of drug-likeness (QED) is 0.919. The lowest BCUT2D eigenvalue weighted by atomic mass is 10.1. The van der Waals surface area contributed by atoms with Crippen molar-refractivity contribution in [2.75, 3.05) is 0 Å². The van der Waals surface area contributed by atoms with Crippen LogP contribution >= 0.6 is 11.6 Å². The Kier molecular flexibility index (Phi) is 4.23. The van der Waals surface area contributed by atoms with Gasteiger partial charge in [-0.15, -0.1) is 0 Å². The van der Waals surface area contributed by atoms with Gasteiger partial charge in [0.25, 0.3) is 0 Å². The fourth-order valence-electron chi connectivity index (χ4n) is 2.38. The summed E-state index contributed by atoms with van der Waals surface area (Å²) in [7, 11) is -0.827. The van der Waals surface area contributed by atoms with Gasteiger partial charge in [0.2, 0.25) is 0 Å². The Morgan fingerprint density at radius 3 is 2.53 bits per heavy atom. The van der Waals surface area contributed by atoms with E-state index in [1.165, 1.54) is 0 Å². The van der Waals surface area contributed by atoms with Crippen LogP contribution in [0, 0.1) is 5.92 Å². The molecule has 0 radical (unpaired) electrons. The summed E-state index contributed by atoms with van der Waals surface area (Å²) in [6.45, 7) is 2.11. The lowest BCUT2D eigenvalue weighted by Gasteiger charge is -2.17. The van der Waals surface area contributed by atoms with Crippen molar-refractivity contribution in [2.24, 2.45) is 11.7 Å². The molecule has 2 nitrogen and oxygen atoms in total. The summed E-state index contributed by atoms with van der Waals surface area (Å²) < 4.78 is 12.3. The third-order valence-corrected chi connectivity index (χ3v) is 5.82. The lowest BCUT2D eigenvalue weighted by Crippen LogP contribution is -2.30. The Labute approximate surface area is 110 Å². The summed E-state index contributed by atoms with van der Waals surface area (Å²) in [4.78, 5) is 0. The molecule has 1 aromatic carbocycles. The van der Waals surface area contributed by atoms with E-state index in [9.17, 15) is 4.21 Å². The van der Waals surface area contributed by atoms with Crippen molar-refractivity contribution in [3.8, 4) is 0 Å². The zero-order chi connectivity index (χ0) is 12.4. The topological polar surface area (TPSA) is 43.1 Å². The largest absolute Gasteiger partial charge is 0.327 e. The van der Waals surface area contributed by atoms with E-state index < -0.39 is 10.8 Å². The number of nitrogens with two attached hydrogens (primary N) is 1. The standard InChI is InChI=1S/C13H18ClNOS/c1-9-12(15)6-7-13(9)17(16)8-10-2-4-11(14)5-3-10/h2-5,9,12-13H,6-8,15H2,1H3. The fourth-order valence-corrected chi connectivity index (χ4v) is 4.32. The minimum Gasteiger partial charge on any atom is -0.327 e. The zero-order valence-corrected chi connectivity index (χ0v) is 11.5. The van der Waals surface area contributed by atoms with E-state index in [0.29, 0.717) is 11.7 Å². The molecule has 1 fully saturated rings. The van der Waals surface area contributed by atoms with Crippen LogP contribution in [0.2, 0.25) is 5.02 Å². The Bertz CT molecular complexity index is 406. The smallest absolute Gasteiger partial charge is 0.0488 e. The highest BCUT2D eigenvalue weighted by Gasteiger charge is 2.34. The average molecular weight is 272 g/mol. The molecule has 0 spiro atoms. The Morgan fingerprint density at radius 1 is 1.35 bits per heavy atom. The highest BCUT2D eigenvalue weighted by Crippen LogP contribution is 2.29. The van der Waals surface area contributed by atoms with Crippen LogP contribution in [0.25, 0.3) is 0 Å². The first-order chi connectivity index (χ1) is 8.08. The zero-order valence-electron chi connectivity index (χ0n) is 9.93. The van der Waals surface area contributed by atoms with Gasteiger partial charge in [0, 0.05) is 32.9 Å². The van der Waals surface area contributed by atoms with Crippen LogP contribution in [0.3, 0.4) is 0 Å². The SMILES string of the molecule is CC1C(N)CCC1S(=O)Cc1ccc(Cl)cc1. The van der Waals surface area contributed by atoms with Crippen molar-refractivity contribution >= 4 is 22.4 Å². The molecular formula is C13H18ClNOS. The van der Waals surface area contributed by atoms with E-state index in [-0.39, 0.29) is 11.3 Å². The Balaban J connectivity index is 2.00. The molecule has 1 aromatic rings. The first-order valence-electron chi connectivity index (χ1n) is 5.95. The van der Waals surface area contributed by atoms with Crippen molar-refractivity contribution in [1.29, 1.82) is 0 Å². The third-order valence-electron chi connectivity index (χ3n) is 3.61. The monoisotopic (exact) mass is 271 g/mol. The highest BCUT2D eigenvalue weighted by atomic mass is 35.5. The van der Waals surface area contributed by atoms with Gasteiger partial charge in [0.1, 0.15) is 0 Å². The number of hydrogen-bond acceptors (Lipinski definition) is 2. The average Bonchev–Trinajstić information content (AvgIpc) is 2.63. The molecule has 4 atom stereocenters. The summed E-state index contributed by atoms with van der Waals surface area (Å²) in [6, 6.07) is 7.80. The first-order valence-corrected chi connectivity index (χ1v) is 7.71. The van der Waals surface area contributed by atoms with Gasteiger partial charge in [-0.3, -0.25) is 4.21 Å². The predicted octanol–water partition coefficient (Wildman–Crippen LogP) is 2.71. The van der Waals surface area contributed by atoms with Gasteiger partial charge in [-0.2, -0.15) is 0 Å². The Hall–Kier alpha value is -0.380. The molecule has 94 valence electrons. The third kappa shape index (κ3) is 3.09. The van der Waals surface area contributed by atoms with Crippen LogP contribution in [-0.2, 0) is 16.6 Å². The first kappa shape index (κ1) is 13.1. The number of benzene rings is 1. The van der Waals surface area contributed by atoms with Crippen LogP contribution < -0.4 is 5.73 Å². The van der Waals surface area contributed by atoms with Gasteiger partial charge < -0.3 is 5.73 Å². The van der Waals surface area contributed by atoms with E-state index in [0.717, 1.165) is 23.4 Å². The van der Waals surface area contributed by atoms with Gasteiger partial charge in [-0.05, 0) is 36.5 Å². The second kappa shape index (κ2) is 5.51. The molecule has 0 saturated heterocycles. The normalized spacial score (nSPS) is 30.4. The van der Waals surface area contributed by atoms with Gasteiger partial charge in [-0.25, -0.2) is 0 Å². The molecule has 0 bridgehead atoms. The molecule has 0 aromatic heterocycles. The van der Waals surface area contributed by atoms with Crippen molar-refractivity contribution in [1.82, 2.24) is 0 Å². The van der Waals surface area contributed by atoms with Gasteiger partial charge in [0.15, 0.2) is 0 Å². The maximum absolute atomic E-state index is 12.3. The molecule has 1 saturated carbocycles. The van der Waals surface area contributed by atoms with Gasteiger partial charge >= 0.3 is 0 Å². The lowest BCUT2D eigenvalue weighted by molar-refractivity contribution is 0.526. The summed E-state index contributed by atoms with van der Waals surface area (Å²) >= 11 is 5.83. The second-order valence-electron chi connectivity index (χ2n) is 4.79. The van der Waals surface area contributed by atoms with Crippen molar-refractivity contribution in [3.63, 3.8) is 0 Å². The molecule has 17 heavy (non-hydrogen) atoms. The van der Waals surface area contributed by atoms with Crippen molar-refractivity contribution < 1.29 is 4.21 Å². The molecule has 1 aliphatic carbocycles. The molecule has 2 N–H and O–H groups in total. The predicted molar refractivity (Wildman–Crippen MR) is 73.5 cm³/mol. The van der Waals surface area contributed by atoms with Gasteiger partial charge in [-0.1, -0.05) is 30.7 Å². The minimum atomic E-state index is -0.827. The van der Waals surface area contributed by atoms with Crippen LogP contribution in [0.1, 0.15) is 25.3 Å². The van der Waals surface area contributed by atoms with Crippen LogP contribution in [0.5, 0.6) is 0 Å². The van der Waals surface area contributed by atoms with Crippen LogP contribution in [-0.4, -0.2) is 15.5 Å². The number of halogens is 1. The highest BCUT2D eigenvalue weighted by molar-refractivity contribution is 7.84. The molecule has 4 heteroatoms. The van der Waals surface area contributed by atoms with E-state index in [2.05, 4.69) is 6.92 Å². The van der Waals surface area contributed by atoms with Crippen LogP contribution in [0.4, 0.5) is 0 Å². The summed E-state index contributed by atoms with van der Waals surface area (Å²) in [5.41, 5.74) is 7.05. The van der Waals surface area contributed by atoms with Crippen molar-refractivity contribution in [3.05, 3.63) is 34.9 Å². The second-order valence-corrected chi connectivity index (χ2v) is 6.88. The molecular weight excluding hydrogens is 254 g/mol. The molecule has 1 aliphatic rings. The Morgan fingerprint density at radius 2 is 2.00 bits per heavy atom. The van der Waals surface area contributed by atoms with E-state index in [1.807, 2.05) is 24.3 Å². The molecule has 4 unspecified atom stereocenters. The van der Waals surface area contributed by atoms with E-state index in [1.54, 1.807) is 0 Å². The summed E-state index contributed by atoms with van der Waals surface area (Å²) in [6.07, 6.45) is 1.99. The van der Waals surface area contributed by atoms with E-state index in [4.69, 9.17) is 17.3 Å². The number of hydrogen-bond donors (Lipinski definition) is 1. The maximum Gasteiger partial charge on any atom is 0.0488 e. The number of rotatable bonds is 3. The van der Waals surface area contributed by atoms with Gasteiger partial charge in [0.05, 0.1) is 0 Å². The summed E-state index contributed by atoms with van der Waals surface area (Å²) in [5.74, 6) is 0.974. The summed E-state index contributed by atoms with van der Waals surface area (Å²) in [5, 5.41) is 0.969. The molecule has 2 rings (SSSR count). The molecule has 0 amide bonds. The molecule has 0 aliphatic heterocycles. The van der Waals surface area contributed by atoms with Crippen LogP contribution in [0.15, 0.2) is 24.3 Å².